The number of aromatic nitrogens is 1. The number of aromatic amines is 1. The van der Waals surface area contributed by atoms with Gasteiger partial charge in [0, 0.05) is 75.9 Å². The Balaban J connectivity index is 1.78. The molecule has 136 valence electrons. The molecule has 0 aliphatic carbocycles. The highest BCUT2D eigenvalue weighted by Gasteiger charge is 2.26. The van der Waals surface area contributed by atoms with Crippen LogP contribution in [0.2, 0.25) is 0 Å². The average molecular weight is 356 g/mol. The molecule has 1 amide bonds. The third-order valence-corrected chi connectivity index (χ3v) is 4.54. The summed E-state index contributed by atoms with van der Waals surface area (Å²) < 4.78 is 0. The van der Waals surface area contributed by atoms with Crippen LogP contribution in [0.15, 0.2) is 42.7 Å². The van der Waals surface area contributed by atoms with E-state index in [1.54, 1.807) is 15.9 Å². The predicted octanol–water partition coefficient (Wildman–Crippen LogP) is 1.44. The Morgan fingerprint density at radius 2 is 1.77 bits per heavy atom. The summed E-state index contributed by atoms with van der Waals surface area (Å²) >= 11 is 0. The molecule has 0 unspecified atom stereocenters. The van der Waals surface area contributed by atoms with Crippen molar-refractivity contribution in [2.24, 2.45) is 0 Å². The largest absolute Gasteiger partial charge is 0.377 e. The van der Waals surface area contributed by atoms with E-state index in [0.29, 0.717) is 24.3 Å². The van der Waals surface area contributed by atoms with Crippen LogP contribution in [-0.4, -0.2) is 56.0 Å². The van der Waals surface area contributed by atoms with Gasteiger partial charge in [-0.3, -0.25) is 14.9 Å². The van der Waals surface area contributed by atoms with Crippen LogP contribution in [0.3, 0.4) is 0 Å². The maximum Gasteiger partial charge on any atom is 0.270 e. The summed E-state index contributed by atoms with van der Waals surface area (Å²) in [6.45, 7) is 2.60. The Kier molecular flexibility index (Phi) is 5.01. The van der Waals surface area contributed by atoms with Crippen LogP contribution < -0.4 is 14.8 Å². The quantitative estimate of drug-likeness (QED) is 0.611. The zero-order valence-corrected chi connectivity index (χ0v) is 14.9. The summed E-state index contributed by atoms with van der Waals surface area (Å²) in [5.74, 6) is -0.168. The van der Waals surface area contributed by atoms with Gasteiger partial charge in [-0.1, -0.05) is 0 Å². The lowest BCUT2D eigenvalue weighted by Crippen LogP contribution is -2.49. The third kappa shape index (κ3) is 3.58. The fourth-order valence-corrected chi connectivity index (χ4v) is 3.13. The molecule has 1 aliphatic heterocycles. The van der Waals surface area contributed by atoms with Crippen LogP contribution >= 0.6 is 0 Å². The first-order valence-corrected chi connectivity index (χ1v) is 8.43. The van der Waals surface area contributed by atoms with Gasteiger partial charge in [-0.25, -0.2) is 4.98 Å². The SMILES string of the molecule is CN(C)c1ccc([N+](=O)[O-])cc1C(=O)N1CCN(c2cc[nH+]cc2)CC1. The third-order valence-electron chi connectivity index (χ3n) is 4.54. The van der Waals surface area contributed by atoms with Crippen molar-refractivity contribution in [1.82, 2.24) is 4.90 Å². The number of carbonyl (C=O) groups is 1. The maximum atomic E-state index is 13.0. The topological polar surface area (TPSA) is 84.1 Å². The van der Waals surface area contributed by atoms with E-state index in [4.69, 9.17) is 0 Å². The van der Waals surface area contributed by atoms with Crippen LogP contribution in [0, 0.1) is 10.1 Å². The van der Waals surface area contributed by atoms with Gasteiger partial charge in [-0.05, 0) is 6.07 Å². The van der Waals surface area contributed by atoms with Crippen molar-refractivity contribution in [1.29, 1.82) is 0 Å². The van der Waals surface area contributed by atoms with Crippen molar-refractivity contribution < 1.29 is 14.7 Å². The fraction of sp³-hybridized carbons (Fsp3) is 0.333. The number of nitro groups is 1. The van der Waals surface area contributed by atoms with Gasteiger partial charge in [0.25, 0.3) is 11.6 Å². The molecule has 0 radical (unpaired) electrons. The number of hydrogen-bond acceptors (Lipinski definition) is 5. The predicted molar refractivity (Wildman–Crippen MR) is 98.5 cm³/mol. The zero-order chi connectivity index (χ0) is 18.7. The van der Waals surface area contributed by atoms with E-state index < -0.39 is 4.92 Å². The van der Waals surface area contributed by atoms with Gasteiger partial charge in [0.1, 0.15) is 0 Å². The van der Waals surface area contributed by atoms with Crippen LogP contribution in [-0.2, 0) is 0 Å². The molecule has 3 rings (SSSR count). The molecular formula is C18H22N5O3+. The number of anilines is 2. The summed E-state index contributed by atoms with van der Waals surface area (Å²) in [5.41, 5.74) is 2.09. The number of rotatable bonds is 4. The standard InChI is InChI=1S/C18H21N5O3/c1-20(2)17-4-3-15(23(25)26)13-16(17)18(24)22-11-9-21(10-12-22)14-5-7-19-8-6-14/h3-8,13H,9-12H2,1-2H3/p+1. The average Bonchev–Trinajstić information content (AvgIpc) is 2.67. The number of nitro benzene ring substituents is 1. The number of non-ortho nitro benzene ring substituents is 1. The maximum absolute atomic E-state index is 13.0. The number of nitrogens with one attached hydrogen (secondary N) is 1. The second-order valence-corrected chi connectivity index (χ2v) is 6.39. The smallest absolute Gasteiger partial charge is 0.270 e. The minimum atomic E-state index is -0.472. The van der Waals surface area contributed by atoms with Crippen molar-refractivity contribution in [2.45, 2.75) is 0 Å². The van der Waals surface area contributed by atoms with E-state index in [2.05, 4.69) is 9.88 Å². The van der Waals surface area contributed by atoms with Crippen LogP contribution in [0.4, 0.5) is 17.1 Å². The highest BCUT2D eigenvalue weighted by atomic mass is 16.6. The Hall–Kier alpha value is -3.16. The second kappa shape index (κ2) is 7.38. The molecule has 1 aromatic carbocycles. The number of piperazine rings is 1. The van der Waals surface area contributed by atoms with Gasteiger partial charge < -0.3 is 14.7 Å². The molecule has 0 spiro atoms. The summed E-state index contributed by atoms with van der Waals surface area (Å²) in [4.78, 5) is 32.4. The first kappa shape index (κ1) is 17.7. The zero-order valence-electron chi connectivity index (χ0n) is 14.9. The van der Waals surface area contributed by atoms with E-state index in [9.17, 15) is 14.9 Å². The van der Waals surface area contributed by atoms with Gasteiger partial charge in [-0.15, -0.1) is 0 Å². The molecule has 26 heavy (non-hydrogen) atoms. The van der Waals surface area contributed by atoms with Crippen LogP contribution in [0.25, 0.3) is 0 Å². The number of benzene rings is 1. The molecule has 0 atom stereocenters. The number of H-pyrrole nitrogens is 1. The van der Waals surface area contributed by atoms with Crippen molar-refractivity contribution in [3.05, 3.63) is 58.4 Å². The number of amides is 1. The van der Waals surface area contributed by atoms with Gasteiger partial charge in [-0.2, -0.15) is 0 Å². The van der Waals surface area contributed by atoms with E-state index in [0.717, 1.165) is 18.8 Å². The normalized spacial score (nSPS) is 14.2. The Bertz CT molecular complexity index is 802. The molecule has 1 N–H and O–H groups in total. The molecule has 8 heteroatoms. The van der Waals surface area contributed by atoms with E-state index >= 15 is 0 Å². The van der Waals surface area contributed by atoms with E-state index in [1.165, 1.54) is 12.1 Å². The molecule has 1 fully saturated rings. The summed E-state index contributed by atoms with van der Waals surface area (Å²) in [7, 11) is 3.64. The van der Waals surface area contributed by atoms with E-state index in [-0.39, 0.29) is 11.6 Å². The number of nitrogens with zero attached hydrogens (tertiary/aromatic N) is 4. The van der Waals surface area contributed by atoms with Crippen molar-refractivity contribution >= 4 is 23.0 Å². The summed E-state index contributed by atoms with van der Waals surface area (Å²) in [6.07, 6.45) is 3.75. The van der Waals surface area contributed by atoms with Gasteiger partial charge in [0.2, 0.25) is 0 Å². The first-order valence-electron chi connectivity index (χ1n) is 8.43. The number of pyridine rings is 1. The van der Waals surface area contributed by atoms with Gasteiger partial charge >= 0.3 is 0 Å². The van der Waals surface area contributed by atoms with Crippen molar-refractivity contribution in [2.75, 3.05) is 50.1 Å². The lowest BCUT2D eigenvalue weighted by molar-refractivity contribution is -0.384. The summed E-state index contributed by atoms with van der Waals surface area (Å²) in [5, 5.41) is 11.1. The molecule has 0 bridgehead atoms. The molecule has 2 aromatic rings. The van der Waals surface area contributed by atoms with Crippen LogP contribution in [0.5, 0.6) is 0 Å². The summed E-state index contributed by atoms with van der Waals surface area (Å²) in [6, 6.07) is 8.43. The molecule has 0 saturated carbocycles. The van der Waals surface area contributed by atoms with Crippen LogP contribution in [0.1, 0.15) is 10.4 Å². The highest BCUT2D eigenvalue weighted by Crippen LogP contribution is 2.26. The van der Waals surface area contributed by atoms with Gasteiger partial charge in [0.15, 0.2) is 12.4 Å². The highest BCUT2D eigenvalue weighted by molar-refractivity contribution is 6.00. The Morgan fingerprint density at radius 1 is 1.12 bits per heavy atom. The minimum absolute atomic E-state index is 0.0712. The lowest BCUT2D eigenvalue weighted by atomic mass is 10.1. The molecular weight excluding hydrogens is 334 g/mol. The number of hydrogen-bond donors (Lipinski definition) is 0. The molecule has 8 nitrogen and oxygen atoms in total. The lowest BCUT2D eigenvalue weighted by Gasteiger charge is -2.36. The number of carbonyl (C=O) groups excluding carboxylic acids is 1. The Morgan fingerprint density at radius 3 is 2.35 bits per heavy atom. The minimum Gasteiger partial charge on any atom is -0.377 e. The first-order chi connectivity index (χ1) is 12.5. The van der Waals surface area contributed by atoms with Gasteiger partial charge in [0.05, 0.1) is 10.5 Å². The molecule has 1 aromatic heterocycles. The molecule has 2 heterocycles. The van der Waals surface area contributed by atoms with E-state index in [1.807, 2.05) is 38.6 Å². The van der Waals surface area contributed by atoms with Crippen molar-refractivity contribution in [3.63, 3.8) is 0 Å². The monoisotopic (exact) mass is 356 g/mol. The molecule has 1 aliphatic rings. The second-order valence-electron chi connectivity index (χ2n) is 6.39. The Labute approximate surface area is 151 Å². The van der Waals surface area contributed by atoms with Crippen molar-refractivity contribution in [3.8, 4) is 0 Å². The molecule has 1 saturated heterocycles. The fourth-order valence-electron chi connectivity index (χ4n) is 3.13.